The highest BCUT2D eigenvalue weighted by Gasteiger charge is 2.15. The number of thiophene rings is 1. The second kappa shape index (κ2) is 6.60. The van der Waals surface area contributed by atoms with E-state index in [4.69, 9.17) is 0 Å². The average molecular weight is 408 g/mol. The van der Waals surface area contributed by atoms with Gasteiger partial charge >= 0.3 is 0 Å². The number of aromatic amines is 2. The van der Waals surface area contributed by atoms with Crippen LogP contribution in [0.15, 0.2) is 67.4 Å². The van der Waals surface area contributed by atoms with Crippen LogP contribution in [-0.2, 0) is 0 Å². The van der Waals surface area contributed by atoms with Gasteiger partial charge in [-0.25, -0.2) is 9.97 Å². The van der Waals surface area contributed by atoms with Crippen molar-refractivity contribution in [3.05, 3.63) is 72.3 Å². The third-order valence-electron chi connectivity index (χ3n) is 5.23. The Balaban J connectivity index is 1.52. The molecule has 2 N–H and O–H groups in total. The summed E-state index contributed by atoms with van der Waals surface area (Å²) in [5.41, 5.74) is 6.74. The van der Waals surface area contributed by atoms with Crippen molar-refractivity contribution < 1.29 is 0 Å². The van der Waals surface area contributed by atoms with Gasteiger partial charge < -0.3 is 4.98 Å². The minimum Gasteiger partial charge on any atom is -0.353 e. The highest BCUT2D eigenvalue weighted by atomic mass is 32.1. The lowest BCUT2D eigenvalue weighted by Gasteiger charge is -2.00. The van der Waals surface area contributed by atoms with Crippen LogP contribution in [0.25, 0.3) is 54.9 Å². The van der Waals surface area contributed by atoms with Crippen LogP contribution in [0.1, 0.15) is 4.88 Å². The number of pyridine rings is 1. The smallest absolute Gasteiger partial charge is 0.116 e. The highest BCUT2D eigenvalue weighted by molar-refractivity contribution is 7.15. The second-order valence-corrected chi connectivity index (χ2v) is 8.46. The first kappa shape index (κ1) is 17.1. The maximum atomic E-state index is 4.58. The number of nitrogens with zero attached hydrogens (tertiary/aromatic N) is 4. The molecule has 144 valence electrons. The molecule has 30 heavy (non-hydrogen) atoms. The second-order valence-electron chi connectivity index (χ2n) is 7.17. The molecule has 5 aromatic heterocycles. The van der Waals surface area contributed by atoms with Crippen molar-refractivity contribution in [2.75, 3.05) is 0 Å². The first-order valence-corrected chi connectivity index (χ1v) is 10.4. The van der Waals surface area contributed by atoms with Crippen LogP contribution < -0.4 is 0 Å². The Morgan fingerprint density at radius 1 is 0.900 bits per heavy atom. The molecule has 0 saturated carbocycles. The number of benzene rings is 1. The largest absolute Gasteiger partial charge is 0.353 e. The average Bonchev–Trinajstić information content (AvgIpc) is 3.51. The van der Waals surface area contributed by atoms with Crippen molar-refractivity contribution in [3.63, 3.8) is 0 Å². The third kappa shape index (κ3) is 2.71. The predicted molar refractivity (Wildman–Crippen MR) is 120 cm³/mol. The summed E-state index contributed by atoms with van der Waals surface area (Å²) in [6.45, 7) is 2.14. The topological polar surface area (TPSA) is 83.1 Å². The molecule has 0 saturated heterocycles. The van der Waals surface area contributed by atoms with E-state index < -0.39 is 0 Å². The summed E-state index contributed by atoms with van der Waals surface area (Å²) >= 11 is 1.81. The lowest BCUT2D eigenvalue weighted by atomic mass is 10.1. The Bertz CT molecular complexity index is 1510. The lowest BCUT2D eigenvalue weighted by molar-refractivity contribution is 1.11. The van der Waals surface area contributed by atoms with Gasteiger partial charge in [-0.05, 0) is 37.3 Å². The number of H-pyrrole nitrogens is 2. The molecule has 0 atom stereocenters. The molecule has 5 heterocycles. The number of hydrogen-bond donors (Lipinski definition) is 2. The molecule has 0 spiro atoms. The van der Waals surface area contributed by atoms with Gasteiger partial charge in [0.1, 0.15) is 12.0 Å². The quantitative estimate of drug-likeness (QED) is 0.399. The van der Waals surface area contributed by atoms with Crippen molar-refractivity contribution in [2.45, 2.75) is 6.92 Å². The van der Waals surface area contributed by atoms with Gasteiger partial charge in [0.05, 0.1) is 23.1 Å². The number of hydrogen-bond acceptors (Lipinski definition) is 5. The van der Waals surface area contributed by atoms with Crippen molar-refractivity contribution in [3.8, 4) is 33.1 Å². The molecule has 0 aliphatic rings. The molecule has 6 aromatic rings. The van der Waals surface area contributed by atoms with Gasteiger partial charge in [-0.15, -0.1) is 11.3 Å². The van der Waals surface area contributed by atoms with Crippen molar-refractivity contribution in [1.82, 2.24) is 30.1 Å². The van der Waals surface area contributed by atoms with Crippen LogP contribution in [0.5, 0.6) is 0 Å². The van der Waals surface area contributed by atoms with Gasteiger partial charge in [0.25, 0.3) is 0 Å². The molecule has 0 aliphatic carbocycles. The van der Waals surface area contributed by atoms with Crippen molar-refractivity contribution in [1.29, 1.82) is 0 Å². The minimum absolute atomic E-state index is 0.816. The van der Waals surface area contributed by atoms with Gasteiger partial charge in [0.15, 0.2) is 0 Å². The molecule has 0 aliphatic heterocycles. The van der Waals surface area contributed by atoms with Gasteiger partial charge in [-0.3, -0.25) is 10.1 Å². The van der Waals surface area contributed by atoms with E-state index in [-0.39, 0.29) is 0 Å². The molecule has 7 heteroatoms. The van der Waals surface area contributed by atoms with Gasteiger partial charge in [0, 0.05) is 49.6 Å². The standard InChI is InChI=1S/C23H16N6S/c1-13-5-6-22(30-13)15-3-2-4-18-16(15)7-20(27-18)23-17-8-19(14-9-24-12-25-10-14)26-11-21(17)28-29-23/h2-12,27H,1H3,(H,28,29). The predicted octanol–water partition coefficient (Wildman–Crippen LogP) is 5.60. The molecular weight excluding hydrogens is 392 g/mol. The summed E-state index contributed by atoms with van der Waals surface area (Å²) in [6.07, 6.45) is 6.84. The Kier molecular flexibility index (Phi) is 3.75. The van der Waals surface area contributed by atoms with E-state index in [1.165, 1.54) is 27.0 Å². The number of nitrogens with one attached hydrogen (secondary N) is 2. The molecule has 0 radical (unpaired) electrons. The van der Waals surface area contributed by atoms with E-state index >= 15 is 0 Å². The molecular formula is C23H16N6S. The number of aromatic nitrogens is 6. The first-order valence-electron chi connectivity index (χ1n) is 9.55. The molecule has 0 fully saturated rings. The van der Waals surface area contributed by atoms with E-state index in [0.29, 0.717) is 0 Å². The van der Waals surface area contributed by atoms with E-state index in [1.54, 1.807) is 18.6 Å². The van der Waals surface area contributed by atoms with Crippen LogP contribution >= 0.6 is 11.3 Å². The monoisotopic (exact) mass is 408 g/mol. The molecule has 0 unspecified atom stereocenters. The Morgan fingerprint density at radius 2 is 1.80 bits per heavy atom. The Labute approximate surface area is 175 Å². The number of fused-ring (bicyclic) bond motifs is 2. The zero-order valence-corrected chi connectivity index (χ0v) is 16.9. The van der Waals surface area contributed by atoms with Gasteiger partial charge in [-0.2, -0.15) is 5.10 Å². The fraction of sp³-hybridized carbons (Fsp3) is 0.0435. The van der Waals surface area contributed by atoms with E-state index in [2.05, 4.69) is 73.5 Å². The molecule has 1 aromatic carbocycles. The Morgan fingerprint density at radius 3 is 2.63 bits per heavy atom. The zero-order chi connectivity index (χ0) is 20.1. The van der Waals surface area contributed by atoms with E-state index in [0.717, 1.165) is 39.1 Å². The zero-order valence-electron chi connectivity index (χ0n) is 16.0. The third-order valence-corrected chi connectivity index (χ3v) is 6.26. The summed E-state index contributed by atoms with van der Waals surface area (Å²) in [6, 6.07) is 14.9. The van der Waals surface area contributed by atoms with E-state index in [1.807, 2.05) is 17.4 Å². The highest BCUT2D eigenvalue weighted by Crippen LogP contribution is 2.37. The fourth-order valence-corrected chi connectivity index (χ4v) is 4.70. The van der Waals surface area contributed by atoms with E-state index in [9.17, 15) is 0 Å². The lowest BCUT2D eigenvalue weighted by Crippen LogP contribution is -1.86. The summed E-state index contributed by atoms with van der Waals surface area (Å²) in [5, 5.41) is 9.87. The normalized spacial score (nSPS) is 11.5. The SMILES string of the molecule is Cc1ccc(-c2cccc3[nH]c(-c4n[nH]c5cnc(-c6cncnc6)cc45)cc23)s1. The number of aryl methyl sites for hydroxylation is 1. The van der Waals surface area contributed by atoms with Crippen LogP contribution in [0.3, 0.4) is 0 Å². The maximum absolute atomic E-state index is 4.58. The summed E-state index contributed by atoms with van der Waals surface area (Å²) in [5.74, 6) is 0. The van der Waals surface area contributed by atoms with Crippen LogP contribution in [0.2, 0.25) is 0 Å². The molecule has 0 amide bonds. The molecule has 6 nitrogen and oxygen atoms in total. The molecule has 6 rings (SSSR count). The fourth-order valence-electron chi connectivity index (χ4n) is 3.79. The van der Waals surface area contributed by atoms with Crippen LogP contribution in [0.4, 0.5) is 0 Å². The first-order chi connectivity index (χ1) is 14.8. The van der Waals surface area contributed by atoms with Crippen molar-refractivity contribution >= 4 is 33.1 Å². The van der Waals surface area contributed by atoms with Crippen molar-refractivity contribution in [2.24, 2.45) is 0 Å². The Hall–Kier alpha value is -3.84. The van der Waals surface area contributed by atoms with Gasteiger partial charge in [-0.1, -0.05) is 12.1 Å². The van der Waals surface area contributed by atoms with Crippen LogP contribution in [-0.4, -0.2) is 30.1 Å². The summed E-state index contributed by atoms with van der Waals surface area (Å²) < 4.78 is 0. The number of rotatable bonds is 3. The maximum Gasteiger partial charge on any atom is 0.116 e. The summed E-state index contributed by atoms with van der Waals surface area (Å²) in [7, 11) is 0. The van der Waals surface area contributed by atoms with Crippen LogP contribution in [0, 0.1) is 6.92 Å². The van der Waals surface area contributed by atoms with Gasteiger partial charge in [0.2, 0.25) is 0 Å². The summed E-state index contributed by atoms with van der Waals surface area (Å²) in [4.78, 5) is 18.8. The minimum atomic E-state index is 0.816. The molecule has 0 bridgehead atoms.